The van der Waals surface area contributed by atoms with Crippen molar-refractivity contribution in [2.75, 3.05) is 6.61 Å². The summed E-state index contributed by atoms with van der Waals surface area (Å²) >= 11 is 11.8. The van der Waals surface area contributed by atoms with Gasteiger partial charge in [0.1, 0.15) is 12.4 Å². The number of hydrogen-bond donors (Lipinski definition) is 1. The second-order valence-corrected chi connectivity index (χ2v) is 7.75. The highest BCUT2D eigenvalue weighted by atomic mass is 35.5. The summed E-state index contributed by atoms with van der Waals surface area (Å²) in [5.74, 6) is 1.10. The second-order valence-electron chi connectivity index (χ2n) is 6.96. The molecule has 0 saturated carbocycles. The van der Waals surface area contributed by atoms with Crippen LogP contribution in [-0.2, 0) is 6.61 Å². The number of rotatable bonds is 8. The fraction of sp³-hybridized carbons (Fsp3) is 0.125. The zero-order valence-electron chi connectivity index (χ0n) is 17.7. The van der Waals surface area contributed by atoms with E-state index in [0.29, 0.717) is 44.9 Å². The predicted octanol–water partition coefficient (Wildman–Crippen LogP) is 6.26. The SMILES string of the molecule is CCOc1cc(/C=N/n2c(-c3ccccc3)n[nH]c2=S)cc(Cl)c1OCc1cccc(F)c1. The normalized spacial score (nSPS) is 11.1. The summed E-state index contributed by atoms with van der Waals surface area (Å²) in [6, 6.07) is 19.3. The number of hydrogen-bond acceptors (Lipinski definition) is 5. The molecule has 0 atom stereocenters. The Morgan fingerprint density at radius 1 is 1.12 bits per heavy atom. The Morgan fingerprint density at radius 2 is 1.94 bits per heavy atom. The summed E-state index contributed by atoms with van der Waals surface area (Å²) in [5, 5.41) is 11.9. The number of nitrogens with one attached hydrogen (secondary N) is 1. The Morgan fingerprint density at radius 3 is 2.70 bits per heavy atom. The van der Waals surface area contributed by atoms with Gasteiger partial charge < -0.3 is 9.47 Å². The largest absolute Gasteiger partial charge is 0.490 e. The van der Waals surface area contributed by atoms with E-state index in [0.717, 1.165) is 5.56 Å². The summed E-state index contributed by atoms with van der Waals surface area (Å²) in [6.45, 7) is 2.43. The second kappa shape index (κ2) is 10.4. The topological polar surface area (TPSA) is 64.4 Å². The number of aromatic nitrogens is 3. The van der Waals surface area contributed by atoms with Gasteiger partial charge in [0, 0.05) is 5.56 Å². The van der Waals surface area contributed by atoms with Crippen LogP contribution >= 0.6 is 23.8 Å². The quantitative estimate of drug-likeness (QED) is 0.238. The van der Waals surface area contributed by atoms with Crippen molar-refractivity contribution < 1.29 is 13.9 Å². The molecule has 0 bridgehead atoms. The van der Waals surface area contributed by atoms with Gasteiger partial charge in [0.05, 0.1) is 17.8 Å². The first kappa shape index (κ1) is 22.7. The molecule has 33 heavy (non-hydrogen) atoms. The molecule has 1 aromatic heterocycles. The molecule has 1 heterocycles. The van der Waals surface area contributed by atoms with Gasteiger partial charge in [-0.15, -0.1) is 0 Å². The van der Waals surface area contributed by atoms with Crippen LogP contribution in [0.15, 0.2) is 71.8 Å². The van der Waals surface area contributed by atoms with E-state index in [2.05, 4.69) is 15.3 Å². The van der Waals surface area contributed by atoms with Crippen molar-refractivity contribution in [1.82, 2.24) is 14.9 Å². The van der Waals surface area contributed by atoms with E-state index in [9.17, 15) is 4.39 Å². The summed E-state index contributed by atoms with van der Waals surface area (Å²) in [7, 11) is 0. The van der Waals surface area contributed by atoms with E-state index in [1.165, 1.54) is 16.8 Å². The Labute approximate surface area is 200 Å². The van der Waals surface area contributed by atoms with Gasteiger partial charge >= 0.3 is 0 Å². The molecule has 0 fully saturated rings. The Hall–Kier alpha value is -3.49. The van der Waals surface area contributed by atoms with E-state index in [4.69, 9.17) is 33.3 Å². The Kier molecular flexibility index (Phi) is 7.16. The van der Waals surface area contributed by atoms with Crippen LogP contribution in [0.3, 0.4) is 0 Å². The maximum Gasteiger partial charge on any atom is 0.216 e. The highest BCUT2D eigenvalue weighted by Crippen LogP contribution is 2.37. The molecule has 0 spiro atoms. The lowest BCUT2D eigenvalue weighted by Gasteiger charge is -2.14. The van der Waals surface area contributed by atoms with Crippen molar-refractivity contribution >= 4 is 30.0 Å². The molecule has 9 heteroatoms. The van der Waals surface area contributed by atoms with Crippen LogP contribution in [-0.4, -0.2) is 27.7 Å². The smallest absolute Gasteiger partial charge is 0.216 e. The Bertz CT molecular complexity index is 1340. The van der Waals surface area contributed by atoms with Gasteiger partial charge in [-0.1, -0.05) is 54.1 Å². The maximum atomic E-state index is 13.5. The van der Waals surface area contributed by atoms with Crippen LogP contribution in [0, 0.1) is 10.6 Å². The molecular weight excluding hydrogens is 463 g/mol. The van der Waals surface area contributed by atoms with Crippen LogP contribution in [0.1, 0.15) is 18.1 Å². The van der Waals surface area contributed by atoms with E-state index in [1.54, 1.807) is 30.5 Å². The van der Waals surface area contributed by atoms with Gasteiger partial charge in [-0.2, -0.15) is 14.9 Å². The lowest BCUT2D eigenvalue weighted by atomic mass is 10.2. The highest BCUT2D eigenvalue weighted by molar-refractivity contribution is 7.71. The zero-order chi connectivity index (χ0) is 23.2. The maximum absolute atomic E-state index is 13.5. The van der Waals surface area contributed by atoms with E-state index in [1.807, 2.05) is 37.3 Å². The third-order valence-corrected chi connectivity index (χ3v) is 5.15. The molecule has 0 unspecified atom stereocenters. The minimum atomic E-state index is -0.327. The van der Waals surface area contributed by atoms with E-state index < -0.39 is 0 Å². The number of aromatic amines is 1. The van der Waals surface area contributed by atoms with Gasteiger partial charge in [-0.05, 0) is 54.5 Å². The lowest BCUT2D eigenvalue weighted by Crippen LogP contribution is -2.02. The number of benzene rings is 3. The number of nitrogens with zero attached hydrogens (tertiary/aromatic N) is 3. The predicted molar refractivity (Wildman–Crippen MR) is 129 cm³/mol. The van der Waals surface area contributed by atoms with Gasteiger partial charge in [-0.25, -0.2) is 9.49 Å². The number of H-pyrrole nitrogens is 1. The average molecular weight is 483 g/mol. The van der Waals surface area contributed by atoms with Crippen LogP contribution in [0.2, 0.25) is 5.02 Å². The summed E-state index contributed by atoms with van der Waals surface area (Å²) in [6.07, 6.45) is 1.61. The van der Waals surface area contributed by atoms with E-state index >= 15 is 0 Å². The molecule has 0 saturated heterocycles. The van der Waals surface area contributed by atoms with Crippen molar-refractivity contribution in [3.63, 3.8) is 0 Å². The van der Waals surface area contributed by atoms with Crippen LogP contribution < -0.4 is 9.47 Å². The van der Waals surface area contributed by atoms with Crippen LogP contribution in [0.4, 0.5) is 4.39 Å². The average Bonchev–Trinajstić information content (AvgIpc) is 3.18. The summed E-state index contributed by atoms with van der Waals surface area (Å²) in [5.41, 5.74) is 2.24. The Balaban J connectivity index is 1.61. The molecule has 6 nitrogen and oxygen atoms in total. The van der Waals surface area contributed by atoms with Gasteiger partial charge in [0.2, 0.25) is 4.77 Å². The molecular formula is C24H20ClFN4O2S. The molecule has 0 amide bonds. The van der Waals surface area contributed by atoms with Crippen molar-refractivity contribution in [3.8, 4) is 22.9 Å². The molecule has 0 aliphatic carbocycles. The first-order valence-electron chi connectivity index (χ1n) is 10.2. The molecule has 0 radical (unpaired) electrons. The molecule has 0 aliphatic heterocycles. The molecule has 3 aromatic carbocycles. The van der Waals surface area contributed by atoms with Gasteiger partial charge in [-0.3, -0.25) is 0 Å². The highest BCUT2D eigenvalue weighted by Gasteiger charge is 2.13. The fourth-order valence-electron chi connectivity index (χ4n) is 3.14. The third-order valence-electron chi connectivity index (χ3n) is 4.61. The summed E-state index contributed by atoms with van der Waals surface area (Å²) in [4.78, 5) is 0. The zero-order valence-corrected chi connectivity index (χ0v) is 19.2. The molecule has 0 aliphatic rings. The van der Waals surface area contributed by atoms with Crippen LogP contribution in [0.5, 0.6) is 11.5 Å². The van der Waals surface area contributed by atoms with Crippen molar-refractivity contribution in [1.29, 1.82) is 0 Å². The van der Waals surface area contributed by atoms with Gasteiger partial charge in [0.25, 0.3) is 0 Å². The minimum Gasteiger partial charge on any atom is -0.490 e. The van der Waals surface area contributed by atoms with Crippen molar-refractivity contribution in [2.24, 2.45) is 5.10 Å². The minimum absolute atomic E-state index is 0.148. The molecule has 4 rings (SSSR count). The summed E-state index contributed by atoms with van der Waals surface area (Å²) < 4.78 is 26.9. The fourth-order valence-corrected chi connectivity index (χ4v) is 3.60. The van der Waals surface area contributed by atoms with Crippen LogP contribution in [0.25, 0.3) is 11.4 Å². The van der Waals surface area contributed by atoms with Crippen molar-refractivity contribution in [2.45, 2.75) is 13.5 Å². The lowest BCUT2D eigenvalue weighted by molar-refractivity contribution is 0.269. The van der Waals surface area contributed by atoms with E-state index in [-0.39, 0.29) is 12.4 Å². The van der Waals surface area contributed by atoms with Gasteiger partial charge in [0.15, 0.2) is 17.3 Å². The number of ether oxygens (including phenoxy) is 2. The first-order valence-corrected chi connectivity index (χ1v) is 10.9. The first-order chi connectivity index (χ1) is 16.0. The molecule has 1 N–H and O–H groups in total. The third kappa shape index (κ3) is 5.47. The number of halogens is 2. The molecule has 4 aromatic rings. The molecule has 168 valence electrons. The van der Waals surface area contributed by atoms with Crippen molar-refractivity contribution in [3.05, 3.63) is 93.5 Å². The standard InChI is InChI=1S/C24H20ClFN4O2S/c1-2-31-21-13-17(12-20(25)22(21)32-15-16-7-6-10-19(26)11-16)14-27-30-23(28-29-24(30)33)18-8-4-3-5-9-18/h3-14H,2,15H2,1H3,(H,29,33)/b27-14+. The monoisotopic (exact) mass is 482 g/mol.